The zero-order chi connectivity index (χ0) is 16.4. The average molecular weight is 306 g/mol. The third-order valence-electron chi connectivity index (χ3n) is 2.86. The van der Waals surface area contributed by atoms with Crippen LogP contribution in [0.3, 0.4) is 0 Å². The van der Waals surface area contributed by atoms with Crippen molar-refractivity contribution in [3.8, 4) is 11.5 Å². The standard InChI is InChI=1S/C16H22N2O4/c1-12(19)17-9-4-10-18-16(20)8-6-13-5-7-14(21-2)15(11-13)22-3/h5-8,11H,4,9-10H2,1-3H3,(H,17,19)(H,18,20)/b8-6+. The monoisotopic (exact) mass is 306 g/mol. The van der Waals surface area contributed by atoms with Crippen LogP contribution in [-0.4, -0.2) is 39.1 Å². The van der Waals surface area contributed by atoms with Gasteiger partial charge in [0.15, 0.2) is 11.5 Å². The van der Waals surface area contributed by atoms with Crippen LogP contribution >= 0.6 is 0 Å². The summed E-state index contributed by atoms with van der Waals surface area (Å²) >= 11 is 0. The Hall–Kier alpha value is -2.50. The molecule has 0 heterocycles. The predicted octanol–water partition coefficient (Wildman–Crippen LogP) is 1.36. The molecule has 0 fully saturated rings. The van der Waals surface area contributed by atoms with Gasteiger partial charge in [-0.15, -0.1) is 0 Å². The molecule has 2 amide bonds. The molecule has 6 nitrogen and oxygen atoms in total. The van der Waals surface area contributed by atoms with E-state index in [9.17, 15) is 9.59 Å². The highest BCUT2D eigenvalue weighted by Gasteiger charge is 2.03. The molecular formula is C16H22N2O4. The van der Waals surface area contributed by atoms with Gasteiger partial charge in [-0.1, -0.05) is 6.07 Å². The van der Waals surface area contributed by atoms with Gasteiger partial charge < -0.3 is 20.1 Å². The fourth-order valence-corrected chi connectivity index (χ4v) is 1.75. The van der Waals surface area contributed by atoms with Gasteiger partial charge in [0.2, 0.25) is 11.8 Å². The number of methoxy groups -OCH3 is 2. The van der Waals surface area contributed by atoms with Crippen LogP contribution < -0.4 is 20.1 Å². The number of hydrogen-bond acceptors (Lipinski definition) is 4. The van der Waals surface area contributed by atoms with Gasteiger partial charge in [-0.2, -0.15) is 0 Å². The lowest BCUT2D eigenvalue weighted by Gasteiger charge is -2.07. The maximum absolute atomic E-state index is 11.6. The lowest BCUT2D eigenvalue weighted by molar-refractivity contribution is -0.119. The molecule has 6 heteroatoms. The summed E-state index contributed by atoms with van der Waals surface area (Å²) in [6.45, 7) is 2.52. The zero-order valence-corrected chi connectivity index (χ0v) is 13.1. The SMILES string of the molecule is COc1ccc(/C=C/C(=O)NCCCNC(C)=O)cc1OC. The minimum atomic E-state index is -0.183. The molecule has 0 unspecified atom stereocenters. The second kappa shape index (κ2) is 9.44. The van der Waals surface area contributed by atoms with E-state index in [2.05, 4.69) is 10.6 Å². The topological polar surface area (TPSA) is 76.7 Å². The van der Waals surface area contributed by atoms with E-state index in [1.807, 2.05) is 6.07 Å². The van der Waals surface area contributed by atoms with Crippen LogP contribution in [0.5, 0.6) is 11.5 Å². The highest BCUT2D eigenvalue weighted by atomic mass is 16.5. The first-order chi connectivity index (χ1) is 10.6. The van der Waals surface area contributed by atoms with Gasteiger partial charge in [-0.3, -0.25) is 9.59 Å². The summed E-state index contributed by atoms with van der Waals surface area (Å²) in [6.07, 6.45) is 3.85. The molecule has 0 saturated heterocycles. The molecule has 1 aromatic carbocycles. The molecule has 0 atom stereocenters. The second-order valence-electron chi connectivity index (χ2n) is 4.58. The van der Waals surface area contributed by atoms with Crippen molar-refractivity contribution in [3.63, 3.8) is 0 Å². The van der Waals surface area contributed by atoms with Gasteiger partial charge in [0.1, 0.15) is 0 Å². The van der Waals surface area contributed by atoms with Crippen molar-refractivity contribution in [1.82, 2.24) is 10.6 Å². The summed E-state index contributed by atoms with van der Waals surface area (Å²) in [5, 5.41) is 5.41. The summed E-state index contributed by atoms with van der Waals surface area (Å²) in [5.74, 6) is 1.000. The number of nitrogens with one attached hydrogen (secondary N) is 2. The summed E-state index contributed by atoms with van der Waals surface area (Å²) in [5.41, 5.74) is 0.839. The molecule has 0 aromatic heterocycles. The molecule has 22 heavy (non-hydrogen) atoms. The maximum Gasteiger partial charge on any atom is 0.244 e. The number of rotatable bonds is 8. The predicted molar refractivity (Wildman–Crippen MR) is 84.9 cm³/mol. The van der Waals surface area contributed by atoms with E-state index in [1.54, 1.807) is 32.4 Å². The lowest BCUT2D eigenvalue weighted by Crippen LogP contribution is -2.27. The molecule has 0 bridgehead atoms. The van der Waals surface area contributed by atoms with Crippen molar-refractivity contribution in [1.29, 1.82) is 0 Å². The van der Waals surface area contributed by atoms with Crippen LogP contribution in [0, 0.1) is 0 Å². The third-order valence-corrected chi connectivity index (χ3v) is 2.86. The van der Waals surface area contributed by atoms with E-state index in [-0.39, 0.29) is 11.8 Å². The normalized spacial score (nSPS) is 10.3. The molecule has 2 N–H and O–H groups in total. The van der Waals surface area contributed by atoms with E-state index in [1.165, 1.54) is 13.0 Å². The molecule has 1 aromatic rings. The van der Waals surface area contributed by atoms with Crippen molar-refractivity contribution in [2.24, 2.45) is 0 Å². The van der Waals surface area contributed by atoms with Gasteiger partial charge in [0, 0.05) is 26.1 Å². The van der Waals surface area contributed by atoms with Crippen LogP contribution in [0.4, 0.5) is 0 Å². The molecule has 120 valence electrons. The first kappa shape index (κ1) is 17.6. The molecule has 1 rings (SSSR count). The van der Waals surface area contributed by atoms with Gasteiger partial charge >= 0.3 is 0 Å². The molecule has 0 aliphatic carbocycles. The van der Waals surface area contributed by atoms with E-state index >= 15 is 0 Å². The van der Waals surface area contributed by atoms with Gasteiger partial charge in [-0.05, 0) is 30.2 Å². The Bertz CT molecular complexity index is 541. The Morgan fingerprint density at radius 2 is 1.77 bits per heavy atom. The summed E-state index contributed by atoms with van der Waals surface area (Å²) in [6, 6.07) is 5.41. The van der Waals surface area contributed by atoms with Crippen LogP contribution in [-0.2, 0) is 9.59 Å². The van der Waals surface area contributed by atoms with Gasteiger partial charge in [-0.25, -0.2) is 0 Å². The smallest absolute Gasteiger partial charge is 0.244 e. The molecular weight excluding hydrogens is 284 g/mol. The third kappa shape index (κ3) is 6.30. The molecule has 0 aliphatic heterocycles. The Balaban J connectivity index is 2.43. The lowest BCUT2D eigenvalue weighted by atomic mass is 10.2. The van der Waals surface area contributed by atoms with Crippen LogP contribution in [0.25, 0.3) is 6.08 Å². The fraction of sp³-hybridized carbons (Fsp3) is 0.375. The highest BCUT2D eigenvalue weighted by molar-refractivity contribution is 5.91. The molecule has 0 saturated carbocycles. The summed E-state index contributed by atoms with van der Waals surface area (Å²) < 4.78 is 10.4. The van der Waals surface area contributed by atoms with E-state index in [4.69, 9.17) is 9.47 Å². The van der Waals surface area contributed by atoms with Crippen molar-refractivity contribution in [2.75, 3.05) is 27.3 Å². The van der Waals surface area contributed by atoms with E-state index in [0.29, 0.717) is 31.0 Å². The largest absolute Gasteiger partial charge is 0.493 e. The van der Waals surface area contributed by atoms with Crippen molar-refractivity contribution in [3.05, 3.63) is 29.8 Å². The van der Waals surface area contributed by atoms with Crippen LogP contribution in [0.1, 0.15) is 18.9 Å². The van der Waals surface area contributed by atoms with E-state index < -0.39 is 0 Å². The Kier molecular flexibility index (Phi) is 7.53. The first-order valence-corrected chi connectivity index (χ1v) is 6.99. The molecule has 0 spiro atoms. The number of carbonyl (C=O) groups is 2. The first-order valence-electron chi connectivity index (χ1n) is 6.99. The Morgan fingerprint density at radius 1 is 1.09 bits per heavy atom. The highest BCUT2D eigenvalue weighted by Crippen LogP contribution is 2.27. The summed E-state index contributed by atoms with van der Waals surface area (Å²) in [4.78, 5) is 22.3. The minimum absolute atomic E-state index is 0.0697. The van der Waals surface area contributed by atoms with Crippen LogP contribution in [0.2, 0.25) is 0 Å². The van der Waals surface area contributed by atoms with Gasteiger partial charge in [0.25, 0.3) is 0 Å². The van der Waals surface area contributed by atoms with Crippen molar-refractivity contribution < 1.29 is 19.1 Å². The Morgan fingerprint density at radius 3 is 2.41 bits per heavy atom. The number of benzene rings is 1. The van der Waals surface area contributed by atoms with Crippen molar-refractivity contribution >= 4 is 17.9 Å². The zero-order valence-electron chi connectivity index (χ0n) is 13.1. The van der Waals surface area contributed by atoms with Crippen LogP contribution in [0.15, 0.2) is 24.3 Å². The Labute approximate surface area is 130 Å². The molecule has 0 aliphatic rings. The molecule has 0 radical (unpaired) electrons. The van der Waals surface area contributed by atoms with Crippen molar-refractivity contribution in [2.45, 2.75) is 13.3 Å². The fourth-order valence-electron chi connectivity index (χ4n) is 1.75. The number of hydrogen-bond donors (Lipinski definition) is 2. The number of amides is 2. The minimum Gasteiger partial charge on any atom is -0.493 e. The average Bonchev–Trinajstić information content (AvgIpc) is 2.51. The van der Waals surface area contributed by atoms with Gasteiger partial charge in [0.05, 0.1) is 14.2 Å². The number of ether oxygens (including phenoxy) is 2. The number of carbonyl (C=O) groups excluding carboxylic acids is 2. The maximum atomic E-state index is 11.6. The second-order valence-corrected chi connectivity index (χ2v) is 4.58. The quantitative estimate of drug-likeness (QED) is 0.561. The summed E-state index contributed by atoms with van der Waals surface area (Å²) in [7, 11) is 3.13. The van der Waals surface area contributed by atoms with E-state index in [0.717, 1.165) is 5.56 Å².